The molecule has 3 fully saturated rings. The van der Waals surface area contributed by atoms with Crippen molar-refractivity contribution in [2.24, 2.45) is 12.5 Å². The summed E-state index contributed by atoms with van der Waals surface area (Å²) in [5, 5.41) is 0. The third-order valence-electron chi connectivity index (χ3n) is 6.75. The molecule has 1 amide bonds. The van der Waals surface area contributed by atoms with Crippen LogP contribution in [-0.2, 0) is 13.6 Å². The Morgan fingerprint density at radius 1 is 1.12 bits per heavy atom. The number of aryl methyl sites for hydroxylation is 1. The standard InChI is InChI=1S/C25H30FN5O2/c1-25(2,3)15-31-20-10-11-21(27-22(20)28(4)24(31)33)29-13-19-9-8-18(29)14-30(19)23(32)16-6-5-7-17(26)12-16/h5-7,10-12,18-19H,8-9,13-15H2,1-4H3. The summed E-state index contributed by atoms with van der Waals surface area (Å²) >= 11 is 0. The van der Waals surface area contributed by atoms with E-state index in [0.717, 1.165) is 24.2 Å². The first-order valence-electron chi connectivity index (χ1n) is 11.5. The van der Waals surface area contributed by atoms with E-state index >= 15 is 0 Å². The minimum atomic E-state index is -0.397. The number of piperidine rings is 2. The Kier molecular flexibility index (Phi) is 5.06. The molecule has 0 N–H and O–H groups in total. The molecule has 0 spiro atoms. The molecule has 0 radical (unpaired) electrons. The quantitative estimate of drug-likeness (QED) is 0.612. The van der Waals surface area contributed by atoms with E-state index in [1.807, 2.05) is 17.0 Å². The first-order valence-corrected chi connectivity index (χ1v) is 11.5. The highest BCUT2D eigenvalue weighted by atomic mass is 19.1. The number of amides is 1. The van der Waals surface area contributed by atoms with E-state index in [1.54, 1.807) is 28.3 Å². The number of hydrogen-bond acceptors (Lipinski definition) is 4. The first kappa shape index (κ1) is 21.7. The Balaban J connectivity index is 1.42. The first-order chi connectivity index (χ1) is 15.6. The van der Waals surface area contributed by atoms with E-state index in [-0.39, 0.29) is 29.1 Å². The fourth-order valence-electron chi connectivity index (χ4n) is 5.20. The zero-order valence-electron chi connectivity index (χ0n) is 19.6. The lowest BCUT2D eigenvalue weighted by molar-refractivity contribution is 0.0504. The highest BCUT2D eigenvalue weighted by Crippen LogP contribution is 2.33. The Labute approximate surface area is 192 Å². The van der Waals surface area contributed by atoms with Crippen molar-refractivity contribution in [3.63, 3.8) is 0 Å². The molecule has 5 heterocycles. The van der Waals surface area contributed by atoms with Crippen LogP contribution in [0.4, 0.5) is 10.2 Å². The van der Waals surface area contributed by atoms with E-state index in [4.69, 9.17) is 4.98 Å². The van der Waals surface area contributed by atoms with Gasteiger partial charge in [0.2, 0.25) is 0 Å². The van der Waals surface area contributed by atoms with Gasteiger partial charge in [0.25, 0.3) is 5.91 Å². The molecule has 3 aromatic rings. The number of aromatic nitrogens is 3. The second-order valence-electron chi connectivity index (χ2n) is 10.5. The van der Waals surface area contributed by atoms with Gasteiger partial charge in [-0.05, 0) is 48.6 Å². The van der Waals surface area contributed by atoms with Gasteiger partial charge in [0.05, 0.1) is 5.52 Å². The lowest BCUT2D eigenvalue weighted by atomic mass is 9.90. The van der Waals surface area contributed by atoms with Crippen molar-refractivity contribution in [1.82, 2.24) is 19.0 Å². The number of benzene rings is 1. The van der Waals surface area contributed by atoms with Crippen molar-refractivity contribution in [1.29, 1.82) is 0 Å². The summed E-state index contributed by atoms with van der Waals surface area (Å²) in [6.07, 6.45) is 1.90. The van der Waals surface area contributed by atoms with Crippen molar-refractivity contribution in [2.75, 3.05) is 18.0 Å². The summed E-state index contributed by atoms with van der Waals surface area (Å²) in [6.45, 7) is 8.23. The van der Waals surface area contributed by atoms with Crippen LogP contribution >= 0.6 is 0 Å². The third-order valence-corrected chi connectivity index (χ3v) is 6.75. The van der Waals surface area contributed by atoms with Gasteiger partial charge in [-0.25, -0.2) is 14.2 Å². The lowest BCUT2D eigenvalue weighted by Crippen LogP contribution is -2.64. The SMILES string of the molecule is Cn1c(=O)n(CC(C)(C)C)c2ccc(N3CC4CCC3CN4C(=O)c3cccc(F)c3)nc21. The molecular formula is C25H30FN5O2. The molecule has 3 saturated heterocycles. The zero-order valence-corrected chi connectivity index (χ0v) is 19.6. The molecular weight excluding hydrogens is 421 g/mol. The number of pyridine rings is 1. The fourth-order valence-corrected chi connectivity index (χ4v) is 5.20. The number of nitrogens with zero attached hydrogens (tertiary/aromatic N) is 5. The normalized spacial score (nSPS) is 20.6. The van der Waals surface area contributed by atoms with E-state index in [9.17, 15) is 14.0 Å². The second kappa shape index (κ2) is 7.71. The van der Waals surface area contributed by atoms with Crippen LogP contribution < -0.4 is 10.6 Å². The van der Waals surface area contributed by atoms with Crippen molar-refractivity contribution in [3.05, 3.63) is 58.3 Å². The van der Waals surface area contributed by atoms with Crippen LogP contribution in [0.15, 0.2) is 41.2 Å². The summed E-state index contributed by atoms with van der Waals surface area (Å²) in [5.74, 6) is 0.318. The van der Waals surface area contributed by atoms with Gasteiger partial charge in [-0.2, -0.15) is 0 Å². The molecule has 33 heavy (non-hydrogen) atoms. The van der Waals surface area contributed by atoms with Gasteiger partial charge in [-0.1, -0.05) is 26.8 Å². The van der Waals surface area contributed by atoms with Crippen LogP contribution in [0, 0.1) is 11.2 Å². The lowest BCUT2D eigenvalue weighted by Gasteiger charge is -2.52. The van der Waals surface area contributed by atoms with Crippen LogP contribution in [0.2, 0.25) is 0 Å². The number of piperazine rings is 1. The predicted molar refractivity (Wildman–Crippen MR) is 126 cm³/mol. The molecule has 6 rings (SSSR count). The summed E-state index contributed by atoms with van der Waals surface area (Å²) in [5.41, 5.74) is 1.82. The van der Waals surface area contributed by atoms with Crippen LogP contribution in [-0.4, -0.2) is 50.1 Å². The number of rotatable bonds is 3. The number of fused-ring (bicyclic) bond motifs is 4. The minimum absolute atomic E-state index is 0.0273. The Hall–Kier alpha value is -3.16. The van der Waals surface area contributed by atoms with Gasteiger partial charge in [-0.15, -0.1) is 0 Å². The molecule has 0 aliphatic carbocycles. The van der Waals surface area contributed by atoms with Crippen LogP contribution in [0.3, 0.4) is 0 Å². The molecule has 2 atom stereocenters. The minimum Gasteiger partial charge on any atom is -0.350 e. The highest BCUT2D eigenvalue weighted by molar-refractivity contribution is 5.94. The topological polar surface area (TPSA) is 63.4 Å². The van der Waals surface area contributed by atoms with E-state index in [2.05, 4.69) is 25.7 Å². The van der Waals surface area contributed by atoms with Crippen LogP contribution in [0.1, 0.15) is 44.0 Å². The van der Waals surface area contributed by atoms with E-state index in [0.29, 0.717) is 30.8 Å². The molecule has 8 heteroatoms. The largest absolute Gasteiger partial charge is 0.350 e. The van der Waals surface area contributed by atoms with Gasteiger partial charge in [0.15, 0.2) is 5.65 Å². The highest BCUT2D eigenvalue weighted by Gasteiger charge is 2.42. The number of carbonyl (C=O) groups excluding carboxylic acids is 1. The molecule has 174 valence electrons. The molecule has 3 aliphatic heterocycles. The average Bonchev–Trinajstić information content (AvgIpc) is 3.02. The van der Waals surface area contributed by atoms with Crippen LogP contribution in [0.5, 0.6) is 0 Å². The summed E-state index contributed by atoms with van der Waals surface area (Å²) in [4.78, 5) is 34.9. The molecule has 1 aromatic carbocycles. The molecule has 7 nitrogen and oxygen atoms in total. The molecule has 0 saturated carbocycles. The number of hydrogen-bond donors (Lipinski definition) is 0. The molecule has 3 aliphatic rings. The fraction of sp³-hybridized carbons (Fsp3) is 0.480. The second-order valence-corrected chi connectivity index (χ2v) is 10.5. The Morgan fingerprint density at radius 2 is 1.88 bits per heavy atom. The maximum atomic E-state index is 13.6. The van der Waals surface area contributed by atoms with Crippen LogP contribution in [0.25, 0.3) is 11.2 Å². The number of carbonyl (C=O) groups is 1. The summed E-state index contributed by atoms with van der Waals surface area (Å²) in [7, 11) is 1.77. The van der Waals surface area contributed by atoms with Gasteiger partial charge in [0.1, 0.15) is 11.6 Å². The summed E-state index contributed by atoms with van der Waals surface area (Å²) < 4.78 is 17.1. The number of imidazole rings is 1. The van der Waals surface area contributed by atoms with E-state index < -0.39 is 5.82 Å². The molecule has 2 unspecified atom stereocenters. The van der Waals surface area contributed by atoms with Crippen molar-refractivity contribution >= 4 is 22.9 Å². The van der Waals surface area contributed by atoms with Crippen molar-refractivity contribution < 1.29 is 9.18 Å². The number of halogens is 1. The predicted octanol–water partition coefficient (Wildman–Crippen LogP) is 3.41. The van der Waals surface area contributed by atoms with Gasteiger partial charge in [-0.3, -0.25) is 13.9 Å². The van der Waals surface area contributed by atoms with Gasteiger partial charge >= 0.3 is 5.69 Å². The average molecular weight is 452 g/mol. The Morgan fingerprint density at radius 3 is 2.55 bits per heavy atom. The third kappa shape index (κ3) is 3.81. The van der Waals surface area contributed by atoms with Gasteiger partial charge in [0, 0.05) is 44.3 Å². The monoisotopic (exact) mass is 451 g/mol. The molecule has 2 aromatic heterocycles. The maximum absolute atomic E-state index is 13.6. The molecule has 2 bridgehead atoms. The van der Waals surface area contributed by atoms with Crippen molar-refractivity contribution in [3.8, 4) is 0 Å². The maximum Gasteiger partial charge on any atom is 0.330 e. The number of anilines is 1. The summed E-state index contributed by atoms with van der Waals surface area (Å²) in [6, 6.07) is 10.1. The smallest absolute Gasteiger partial charge is 0.330 e. The van der Waals surface area contributed by atoms with Crippen molar-refractivity contribution in [2.45, 2.75) is 52.2 Å². The zero-order chi connectivity index (χ0) is 23.5. The van der Waals surface area contributed by atoms with E-state index in [1.165, 1.54) is 12.1 Å². The Bertz CT molecular complexity index is 1290. The van der Waals surface area contributed by atoms with Gasteiger partial charge < -0.3 is 9.80 Å².